The van der Waals surface area contributed by atoms with Crippen LogP contribution in [0, 0.1) is 5.92 Å². The molecule has 184 valence electrons. The zero-order valence-corrected chi connectivity index (χ0v) is 20.4. The number of piperazine rings is 1. The summed E-state index contributed by atoms with van der Waals surface area (Å²) in [6.45, 7) is 10.2. The summed E-state index contributed by atoms with van der Waals surface area (Å²) >= 11 is 0. The van der Waals surface area contributed by atoms with Crippen molar-refractivity contribution in [3.63, 3.8) is 0 Å². The van der Waals surface area contributed by atoms with Gasteiger partial charge in [0.25, 0.3) is 0 Å². The molecule has 2 aliphatic heterocycles. The van der Waals surface area contributed by atoms with Gasteiger partial charge in [-0.25, -0.2) is 9.97 Å². The van der Waals surface area contributed by atoms with E-state index in [2.05, 4.69) is 49.8 Å². The van der Waals surface area contributed by atoms with Crippen molar-refractivity contribution in [1.29, 1.82) is 0 Å². The second-order valence-electron chi connectivity index (χ2n) is 9.37. The van der Waals surface area contributed by atoms with Crippen LogP contribution >= 0.6 is 0 Å². The Morgan fingerprint density at radius 2 is 1.91 bits per heavy atom. The van der Waals surface area contributed by atoms with Crippen LogP contribution in [-0.2, 0) is 9.53 Å². The van der Waals surface area contributed by atoms with E-state index in [9.17, 15) is 4.79 Å². The summed E-state index contributed by atoms with van der Waals surface area (Å²) in [6.07, 6.45) is 3.49. The minimum absolute atomic E-state index is 0.0474. The largest absolute Gasteiger partial charge is 0.374 e. The molecule has 35 heavy (non-hydrogen) atoms. The maximum absolute atomic E-state index is 12.3. The van der Waals surface area contributed by atoms with Crippen LogP contribution < -0.4 is 15.5 Å². The number of nitrogens with one attached hydrogen (secondary N) is 2. The predicted molar refractivity (Wildman–Crippen MR) is 137 cm³/mol. The van der Waals surface area contributed by atoms with Gasteiger partial charge in [0.1, 0.15) is 5.52 Å². The van der Waals surface area contributed by atoms with E-state index in [4.69, 9.17) is 9.72 Å². The number of carbonyl (C=O) groups excluding carboxylic acids is 1. The number of hydrogen-bond donors (Lipinski definition) is 2. The van der Waals surface area contributed by atoms with Crippen molar-refractivity contribution in [1.82, 2.24) is 25.2 Å². The highest BCUT2D eigenvalue weighted by atomic mass is 16.5. The van der Waals surface area contributed by atoms with Crippen molar-refractivity contribution in [2.45, 2.75) is 20.0 Å². The molecule has 9 heteroatoms. The fourth-order valence-corrected chi connectivity index (χ4v) is 4.60. The number of aromatic nitrogens is 3. The molecule has 0 spiro atoms. The first-order valence-corrected chi connectivity index (χ1v) is 12.4. The van der Waals surface area contributed by atoms with Gasteiger partial charge in [-0.3, -0.25) is 9.78 Å². The Labute approximate surface area is 205 Å². The lowest BCUT2D eigenvalue weighted by molar-refractivity contribution is -0.134. The van der Waals surface area contributed by atoms with E-state index >= 15 is 0 Å². The Balaban J connectivity index is 1.31. The summed E-state index contributed by atoms with van der Waals surface area (Å²) in [7, 11) is 0. The molecule has 1 atom stereocenters. The number of benzene rings is 1. The number of carbonyl (C=O) groups is 1. The molecule has 3 aromatic rings. The smallest absolute Gasteiger partial charge is 0.225 e. The Bertz CT molecular complexity index is 1150. The molecule has 2 aliphatic rings. The Hall–Kier alpha value is -3.30. The van der Waals surface area contributed by atoms with Crippen molar-refractivity contribution in [3.8, 4) is 11.3 Å². The fourth-order valence-electron chi connectivity index (χ4n) is 4.60. The van der Waals surface area contributed by atoms with Crippen LogP contribution in [0.3, 0.4) is 0 Å². The van der Waals surface area contributed by atoms with Gasteiger partial charge in [-0.1, -0.05) is 26.0 Å². The highest BCUT2D eigenvalue weighted by molar-refractivity contribution is 5.88. The summed E-state index contributed by atoms with van der Waals surface area (Å²) < 4.78 is 5.81. The number of ether oxygens (including phenoxy) is 1. The van der Waals surface area contributed by atoms with Crippen LogP contribution in [0.5, 0.6) is 0 Å². The van der Waals surface area contributed by atoms with Gasteiger partial charge in [0, 0.05) is 75.4 Å². The van der Waals surface area contributed by atoms with E-state index in [0.717, 1.165) is 79.7 Å². The van der Waals surface area contributed by atoms with Gasteiger partial charge < -0.3 is 25.2 Å². The highest BCUT2D eigenvalue weighted by Crippen LogP contribution is 2.27. The molecule has 2 saturated heterocycles. The lowest BCUT2D eigenvalue weighted by Crippen LogP contribution is -2.49. The second-order valence-corrected chi connectivity index (χ2v) is 9.37. The SMILES string of the molecule is CC(C)C(=O)N1CCN(c2ccc(-c3cc4nccnc4c(NC[C@@H]4CNCCO4)n3)cc2)CC1. The molecule has 2 aromatic heterocycles. The molecule has 9 nitrogen and oxygen atoms in total. The number of pyridine rings is 1. The van der Waals surface area contributed by atoms with E-state index in [1.54, 1.807) is 12.4 Å². The zero-order valence-electron chi connectivity index (χ0n) is 20.4. The van der Waals surface area contributed by atoms with Crippen molar-refractivity contribution in [2.75, 3.05) is 62.6 Å². The summed E-state index contributed by atoms with van der Waals surface area (Å²) in [5, 5.41) is 6.79. The van der Waals surface area contributed by atoms with Gasteiger partial charge in [0.05, 0.1) is 23.9 Å². The first-order chi connectivity index (χ1) is 17.1. The van der Waals surface area contributed by atoms with Gasteiger partial charge in [-0.15, -0.1) is 0 Å². The molecule has 0 saturated carbocycles. The quantitative estimate of drug-likeness (QED) is 0.561. The molecule has 0 radical (unpaired) electrons. The average molecular weight is 476 g/mol. The van der Waals surface area contributed by atoms with E-state index in [-0.39, 0.29) is 17.9 Å². The van der Waals surface area contributed by atoms with Crippen LogP contribution in [0.1, 0.15) is 13.8 Å². The predicted octanol–water partition coefficient (Wildman–Crippen LogP) is 2.40. The molecule has 0 bridgehead atoms. The van der Waals surface area contributed by atoms with Gasteiger partial charge in [0.15, 0.2) is 5.82 Å². The number of hydrogen-bond acceptors (Lipinski definition) is 8. The van der Waals surface area contributed by atoms with Gasteiger partial charge in [-0.2, -0.15) is 0 Å². The summed E-state index contributed by atoms with van der Waals surface area (Å²) in [6, 6.07) is 10.4. The Morgan fingerprint density at radius 1 is 1.14 bits per heavy atom. The first-order valence-electron chi connectivity index (χ1n) is 12.4. The van der Waals surface area contributed by atoms with E-state index in [0.29, 0.717) is 6.54 Å². The molecule has 0 unspecified atom stereocenters. The summed E-state index contributed by atoms with van der Waals surface area (Å²) in [5.41, 5.74) is 4.59. The third kappa shape index (κ3) is 5.36. The normalized spacial score (nSPS) is 18.8. The first kappa shape index (κ1) is 23.4. The number of rotatable bonds is 6. The van der Waals surface area contributed by atoms with Crippen LogP contribution in [0.2, 0.25) is 0 Å². The molecule has 1 amide bonds. The summed E-state index contributed by atoms with van der Waals surface area (Å²) in [5.74, 6) is 1.00. The highest BCUT2D eigenvalue weighted by Gasteiger charge is 2.23. The number of amides is 1. The lowest BCUT2D eigenvalue weighted by Gasteiger charge is -2.37. The molecule has 2 fully saturated rings. The third-order valence-corrected chi connectivity index (χ3v) is 6.57. The van der Waals surface area contributed by atoms with Crippen molar-refractivity contribution in [3.05, 3.63) is 42.7 Å². The minimum atomic E-state index is 0.0474. The Morgan fingerprint density at radius 3 is 2.63 bits per heavy atom. The third-order valence-electron chi connectivity index (χ3n) is 6.57. The number of nitrogens with zero attached hydrogens (tertiary/aromatic N) is 5. The maximum Gasteiger partial charge on any atom is 0.225 e. The zero-order chi connectivity index (χ0) is 24.2. The fraction of sp³-hybridized carbons (Fsp3) is 0.462. The molecule has 5 rings (SSSR count). The minimum Gasteiger partial charge on any atom is -0.374 e. The van der Waals surface area contributed by atoms with Crippen LogP contribution in [0.4, 0.5) is 11.5 Å². The summed E-state index contributed by atoms with van der Waals surface area (Å²) in [4.78, 5) is 30.5. The van der Waals surface area contributed by atoms with Crippen molar-refractivity contribution >= 4 is 28.4 Å². The van der Waals surface area contributed by atoms with E-state index < -0.39 is 0 Å². The topological polar surface area (TPSA) is 95.5 Å². The van der Waals surface area contributed by atoms with Gasteiger partial charge in [-0.05, 0) is 18.2 Å². The van der Waals surface area contributed by atoms with Crippen molar-refractivity contribution < 1.29 is 9.53 Å². The van der Waals surface area contributed by atoms with Crippen LogP contribution in [0.25, 0.3) is 22.3 Å². The number of anilines is 2. The molecule has 2 N–H and O–H groups in total. The Kier molecular flexibility index (Phi) is 7.06. The number of fused-ring (bicyclic) bond motifs is 1. The average Bonchev–Trinajstić information content (AvgIpc) is 2.92. The monoisotopic (exact) mass is 475 g/mol. The second kappa shape index (κ2) is 10.5. The lowest BCUT2D eigenvalue weighted by atomic mass is 10.1. The van der Waals surface area contributed by atoms with Gasteiger partial charge in [0.2, 0.25) is 5.91 Å². The molecule has 1 aromatic carbocycles. The standard InChI is InChI=1S/C26H33N7O2/c1-18(2)26(34)33-12-10-32(11-13-33)20-5-3-19(4-6-20)22-15-23-24(29-8-7-28-23)25(31-22)30-17-21-16-27-9-14-35-21/h3-8,15,18,21,27H,9-14,16-17H2,1-2H3,(H,30,31)/t21-/m0/s1. The van der Waals surface area contributed by atoms with Crippen molar-refractivity contribution in [2.24, 2.45) is 5.92 Å². The van der Waals surface area contributed by atoms with E-state index in [1.165, 1.54) is 0 Å². The molecular weight excluding hydrogens is 442 g/mol. The maximum atomic E-state index is 12.3. The van der Waals surface area contributed by atoms with Gasteiger partial charge >= 0.3 is 0 Å². The molecule has 0 aliphatic carbocycles. The molecular formula is C26H33N7O2. The van der Waals surface area contributed by atoms with Crippen LogP contribution in [-0.4, -0.2) is 84.3 Å². The van der Waals surface area contributed by atoms with Crippen LogP contribution in [0.15, 0.2) is 42.7 Å². The number of morpholine rings is 1. The van der Waals surface area contributed by atoms with E-state index in [1.807, 2.05) is 24.8 Å². The molecule has 4 heterocycles.